The SMILES string of the molecule is CC1CN(c2cccc(C(=O)O)n2)CCS(=O)C1. The second-order valence-corrected chi connectivity index (χ2v) is 6.17. The monoisotopic (exact) mass is 268 g/mol. The number of aromatic carboxylic acids is 1. The van der Waals surface area contributed by atoms with Crippen LogP contribution in [0.3, 0.4) is 0 Å². The standard InChI is InChI=1S/C12H16N2O3S/c1-9-7-14(5-6-18(17)8-9)11-4-2-3-10(13-11)12(15)16/h2-4,9H,5-8H2,1H3,(H,15,16). The maximum atomic E-state index is 11.6. The zero-order chi connectivity index (χ0) is 13.1. The van der Waals surface area contributed by atoms with Crippen LogP contribution in [0.5, 0.6) is 0 Å². The van der Waals surface area contributed by atoms with Crippen LogP contribution in [0.25, 0.3) is 0 Å². The molecule has 0 radical (unpaired) electrons. The average Bonchev–Trinajstić information content (AvgIpc) is 2.50. The first kappa shape index (κ1) is 13.0. The van der Waals surface area contributed by atoms with Crippen molar-refractivity contribution in [2.45, 2.75) is 6.92 Å². The summed E-state index contributed by atoms with van der Waals surface area (Å²) >= 11 is 0. The van der Waals surface area contributed by atoms with E-state index in [0.29, 0.717) is 29.8 Å². The molecule has 0 aromatic carbocycles. The van der Waals surface area contributed by atoms with E-state index in [-0.39, 0.29) is 5.69 Å². The Labute approximate surface area is 108 Å². The molecule has 2 rings (SSSR count). The topological polar surface area (TPSA) is 70.5 Å². The zero-order valence-electron chi connectivity index (χ0n) is 10.2. The molecular formula is C12H16N2O3S. The van der Waals surface area contributed by atoms with Crippen molar-refractivity contribution in [1.82, 2.24) is 4.98 Å². The summed E-state index contributed by atoms with van der Waals surface area (Å²) in [6, 6.07) is 4.97. The van der Waals surface area contributed by atoms with Crippen LogP contribution in [0, 0.1) is 5.92 Å². The Bertz CT molecular complexity index is 478. The van der Waals surface area contributed by atoms with Crippen LogP contribution in [0.2, 0.25) is 0 Å². The Morgan fingerprint density at radius 2 is 2.33 bits per heavy atom. The summed E-state index contributed by atoms with van der Waals surface area (Å²) in [5.41, 5.74) is 0.0468. The van der Waals surface area contributed by atoms with Crippen molar-refractivity contribution in [3.05, 3.63) is 23.9 Å². The molecule has 18 heavy (non-hydrogen) atoms. The Morgan fingerprint density at radius 1 is 1.56 bits per heavy atom. The molecule has 0 bridgehead atoms. The van der Waals surface area contributed by atoms with Gasteiger partial charge in [0, 0.05) is 35.4 Å². The van der Waals surface area contributed by atoms with E-state index in [0.717, 1.165) is 6.54 Å². The van der Waals surface area contributed by atoms with Gasteiger partial charge in [0.25, 0.3) is 0 Å². The quantitative estimate of drug-likeness (QED) is 0.866. The number of hydrogen-bond donors (Lipinski definition) is 1. The molecule has 0 spiro atoms. The van der Waals surface area contributed by atoms with Crippen molar-refractivity contribution in [3.63, 3.8) is 0 Å². The molecular weight excluding hydrogens is 252 g/mol. The fourth-order valence-corrected chi connectivity index (χ4v) is 3.39. The van der Waals surface area contributed by atoms with Crippen LogP contribution in [0.15, 0.2) is 18.2 Å². The molecule has 1 fully saturated rings. The largest absolute Gasteiger partial charge is 0.477 e. The van der Waals surface area contributed by atoms with Crippen LogP contribution in [-0.4, -0.2) is 44.9 Å². The lowest BCUT2D eigenvalue weighted by molar-refractivity contribution is 0.0690. The summed E-state index contributed by atoms with van der Waals surface area (Å²) in [5.74, 6) is 1.27. The van der Waals surface area contributed by atoms with Gasteiger partial charge in [0.2, 0.25) is 0 Å². The first-order valence-corrected chi connectivity index (χ1v) is 7.35. The van der Waals surface area contributed by atoms with Crippen LogP contribution < -0.4 is 4.90 Å². The minimum absolute atomic E-state index is 0.0468. The highest BCUT2D eigenvalue weighted by Gasteiger charge is 2.20. The summed E-state index contributed by atoms with van der Waals surface area (Å²) < 4.78 is 11.6. The predicted molar refractivity (Wildman–Crippen MR) is 70.4 cm³/mol. The van der Waals surface area contributed by atoms with Gasteiger partial charge < -0.3 is 10.0 Å². The Morgan fingerprint density at radius 3 is 3.06 bits per heavy atom. The summed E-state index contributed by atoms with van der Waals surface area (Å²) in [7, 11) is -0.782. The lowest BCUT2D eigenvalue weighted by atomic mass is 10.2. The number of nitrogens with zero attached hydrogens (tertiary/aromatic N) is 2. The normalized spacial score (nSPS) is 24.6. The van der Waals surface area contributed by atoms with Gasteiger partial charge in [-0.05, 0) is 18.1 Å². The van der Waals surface area contributed by atoms with E-state index < -0.39 is 16.8 Å². The van der Waals surface area contributed by atoms with Gasteiger partial charge in [0.05, 0.1) is 0 Å². The van der Waals surface area contributed by atoms with E-state index in [4.69, 9.17) is 5.11 Å². The third-order valence-corrected chi connectivity index (χ3v) is 4.45. The molecule has 1 aromatic heterocycles. The molecule has 0 amide bonds. The highest BCUT2D eigenvalue weighted by molar-refractivity contribution is 7.85. The highest BCUT2D eigenvalue weighted by Crippen LogP contribution is 2.16. The smallest absolute Gasteiger partial charge is 0.354 e. The van der Waals surface area contributed by atoms with Gasteiger partial charge in [-0.2, -0.15) is 0 Å². The van der Waals surface area contributed by atoms with E-state index in [1.807, 2.05) is 4.90 Å². The van der Waals surface area contributed by atoms with Gasteiger partial charge in [-0.25, -0.2) is 9.78 Å². The van der Waals surface area contributed by atoms with Gasteiger partial charge in [-0.1, -0.05) is 13.0 Å². The van der Waals surface area contributed by atoms with E-state index in [9.17, 15) is 9.00 Å². The van der Waals surface area contributed by atoms with Crippen molar-refractivity contribution in [2.24, 2.45) is 5.92 Å². The maximum Gasteiger partial charge on any atom is 0.354 e. The predicted octanol–water partition coefficient (Wildman–Crippen LogP) is 0.985. The molecule has 2 atom stereocenters. The Hall–Kier alpha value is -1.43. The molecule has 1 N–H and O–H groups in total. The summed E-state index contributed by atoms with van der Waals surface area (Å²) in [6.07, 6.45) is 0. The van der Waals surface area contributed by atoms with Crippen molar-refractivity contribution < 1.29 is 14.1 Å². The molecule has 1 aliphatic rings. The fraction of sp³-hybridized carbons (Fsp3) is 0.500. The van der Waals surface area contributed by atoms with Crippen molar-refractivity contribution in [3.8, 4) is 0 Å². The first-order valence-electron chi connectivity index (χ1n) is 5.86. The second kappa shape index (κ2) is 5.48. The summed E-state index contributed by atoms with van der Waals surface area (Å²) in [6.45, 7) is 3.48. The molecule has 5 nitrogen and oxygen atoms in total. The van der Waals surface area contributed by atoms with Gasteiger partial charge in [0.15, 0.2) is 5.69 Å². The lowest BCUT2D eigenvalue weighted by Gasteiger charge is -2.23. The van der Waals surface area contributed by atoms with Gasteiger partial charge in [-0.3, -0.25) is 4.21 Å². The van der Waals surface area contributed by atoms with Gasteiger partial charge in [-0.15, -0.1) is 0 Å². The molecule has 1 saturated heterocycles. The van der Waals surface area contributed by atoms with Crippen molar-refractivity contribution in [2.75, 3.05) is 29.5 Å². The van der Waals surface area contributed by atoms with E-state index in [1.165, 1.54) is 6.07 Å². The van der Waals surface area contributed by atoms with Crippen LogP contribution in [0.1, 0.15) is 17.4 Å². The Balaban J connectivity index is 2.22. The lowest BCUT2D eigenvalue weighted by Crippen LogP contribution is -2.30. The third kappa shape index (κ3) is 3.07. The number of carboxylic acids is 1. The zero-order valence-corrected chi connectivity index (χ0v) is 11.0. The minimum atomic E-state index is -1.02. The Kier molecular flexibility index (Phi) is 3.96. The number of pyridine rings is 1. The summed E-state index contributed by atoms with van der Waals surface area (Å²) in [5, 5.41) is 8.93. The number of carboxylic acid groups (broad SMARTS) is 1. The third-order valence-electron chi connectivity index (χ3n) is 2.87. The average molecular weight is 268 g/mol. The molecule has 2 heterocycles. The van der Waals surface area contributed by atoms with Crippen molar-refractivity contribution >= 4 is 22.6 Å². The molecule has 1 aliphatic heterocycles. The maximum absolute atomic E-state index is 11.6. The fourth-order valence-electron chi connectivity index (χ4n) is 2.06. The second-order valence-electron chi connectivity index (χ2n) is 4.55. The van der Waals surface area contributed by atoms with E-state index in [2.05, 4.69) is 11.9 Å². The van der Waals surface area contributed by atoms with E-state index >= 15 is 0 Å². The summed E-state index contributed by atoms with van der Waals surface area (Å²) in [4.78, 5) is 17.0. The van der Waals surface area contributed by atoms with Crippen LogP contribution >= 0.6 is 0 Å². The molecule has 6 heteroatoms. The molecule has 0 saturated carbocycles. The minimum Gasteiger partial charge on any atom is -0.477 e. The molecule has 1 aromatic rings. The number of rotatable bonds is 2. The van der Waals surface area contributed by atoms with Gasteiger partial charge in [0.1, 0.15) is 5.82 Å². The number of carbonyl (C=O) groups is 1. The molecule has 2 unspecified atom stereocenters. The van der Waals surface area contributed by atoms with E-state index in [1.54, 1.807) is 12.1 Å². The van der Waals surface area contributed by atoms with Crippen LogP contribution in [0.4, 0.5) is 5.82 Å². The number of anilines is 1. The van der Waals surface area contributed by atoms with Crippen LogP contribution in [-0.2, 0) is 10.8 Å². The number of aromatic nitrogens is 1. The molecule has 98 valence electrons. The van der Waals surface area contributed by atoms with Crippen molar-refractivity contribution in [1.29, 1.82) is 0 Å². The molecule has 0 aliphatic carbocycles. The highest BCUT2D eigenvalue weighted by atomic mass is 32.2. The number of hydrogen-bond acceptors (Lipinski definition) is 4. The van der Waals surface area contributed by atoms with Gasteiger partial charge >= 0.3 is 5.97 Å². The first-order chi connectivity index (χ1) is 8.56.